The average molecular weight is 267 g/mol. The highest BCUT2D eigenvalue weighted by atomic mass is 16.5. The molecule has 0 unspecified atom stereocenters. The van der Waals surface area contributed by atoms with Crippen LogP contribution in [0.2, 0.25) is 0 Å². The molecule has 0 aliphatic rings. The van der Waals surface area contributed by atoms with Gasteiger partial charge < -0.3 is 20.3 Å². The van der Waals surface area contributed by atoms with Crippen LogP contribution in [0.1, 0.15) is 12.0 Å². The van der Waals surface area contributed by atoms with Crippen molar-refractivity contribution in [2.45, 2.75) is 18.9 Å². The highest BCUT2D eigenvalue weighted by Gasteiger charge is 2.13. The van der Waals surface area contributed by atoms with E-state index >= 15 is 0 Å². The van der Waals surface area contributed by atoms with Crippen molar-refractivity contribution in [3.05, 3.63) is 29.8 Å². The fraction of sp³-hybridized carbons (Fsp3) is 0.385. The van der Waals surface area contributed by atoms with Crippen LogP contribution in [0.3, 0.4) is 0 Å². The van der Waals surface area contributed by atoms with E-state index in [9.17, 15) is 9.59 Å². The van der Waals surface area contributed by atoms with Gasteiger partial charge in [0, 0.05) is 6.42 Å². The lowest BCUT2D eigenvalue weighted by Gasteiger charge is -2.08. The van der Waals surface area contributed by atoms with Gasteiger partial charge >= 0.3 is 5.97 Å². The molecule has 1 amide bonds. The number of aryl methyl sites for hydroxylation is 1. The number of aliphatic carboxylic acids is 1. The zero-order valence-corrected chi connectivity index (χ0v) is 10.6. The number of aliphatic hydroxyl groups is 1. The summed E-state index contributed by atoms with van der Waals surface area (Å²) in [6, 6.07) is 7.33. The number of carboxylic acid groups (broad SMARTS) is 1. The molecule has 0 radical (unpaired) electrons. The molecule has 1 atom stereocenters. The second-order valence-electron chi connectivity index (χ2n) is 4.01. The minimum Gasteiger partial charge on any atom is -0.497 e. The number of hydrogen-bond donors (Lipinski definition) is 3. The van der Waals surface area contributed by atoms with Crippen molar-refractivity contribution < 1.29 is 24.5 Å². The van der Waals surface area contributed by atoms with Gasteiger partial charge in [-0.15, -0.1) is 0 Å². The van der Waals surface area contributed by atoms with Crippen molar-refractivity contribution in [3.8, 4) is 5.75 Å². The fourth-order valence-corrected chi connectivity index (χ4v) is 1.44. The van der Waals surface area contributed by atoms with E-state index in [1.165, 1.54) is 0 Å². The molecule has 0 fully saturated rings. The number of nitrogens with one attached hydrogen (secondary N) is 1. The van der Waals surface area contributed by atoms with Crippen LogP contribution in [-0.2, 0) is 16.0 Å². The van der Waals surface area contributed by atoms with E-state index in [4.69, 9.17) is 14.9 Å². The van der Waals surface area contributed by atoms with Crippen molar-refractivity contribution in [3.63, 3.8) is 0 Å². The van der Waals surface area contributed by atoms with Crippen molar-refractivity contribution in [1.29, 1.82) is 0 Å². The molecule has 0 aliphatic heterocycles. The lowest BCUT2D eigenvalue weighted by atomic mass is 10.1. The number of hydrogen-bond acceptors (Lipinski definition) is 4. The molecule has 0 aliphatic carbocycles. The highest BCUT2D eigenvalue weighted by Crippen LogP contribution is 2.12. The Labute approximate surface area is 111 Å². The van der Waals surface area contributed by atoms with E-state index in [0.717, 1.165) is 11.3 Å². The molecule has 6 heteroatoms. The molecule has 19 heavy (non-hydrogen) atoms. The van der Waals surface area contributed by atoms with Crippen LogP contribution in [0.25, 0.3) is 0 Å². The Kier molecular flexibility index (Phi) is 5.81. The van der Waals surface area contributed by atoms with Crippen molar-refractivity contribution in [2.24, 2.45) is 0 Å². The van der Waals surface area contributed by atoms with Gasteiger partial charge in [0.2, 0.25) is 5.91 Å². The second kappa shape index (κ2) is 7.38. The SMILES string of the molecule is COc1ccc(CCC(=O)NC[C@H](O)C(=O)O)cc1. The van der Waals surface area contributed by atoms with Crippen LogP contribution in [0.15, 0.2) is 24.3 Å². The summed E-state index contributed by atoms with van der Waals surface area (Å²) in [6.07, 6.45) is -0.789. The Balaban J connectivity index is 2.31. The van der Waals surface area contributed by atoms with Crippen LogP contribution in [0.5, 0.6) is 5.75 Å². The van der Waals surface area contributed by atoms with Gasteiger partial charge in [-0.2, -0.15) is 0 Å². The summed E-state index contributed by atoms with van der Waals surface area (Å²) in [5.41, 5.74) is 0.981. The normalized spacial score (nSPS) is 11.7. The molecule has 0 heterocycles. The molecule has 0 bridgehead atoms. The minimum atomic E-state index is -1.56. The van der Waals surface area contributed by atoms with E-state index in [1.807, 2.05) is 12.1 Å². The molecule has 6 nitrogen and oxygen atoms in total. The predicted octanol–water partition coefficient (Wildman–Crippen LogP) is 0.189. The molecule has 1 aromatic carbocycles. The maximum absolute atomic E-state index is 11.4. The van der Waals surface area contributed by atoms with Crippen LogP contribution in [0.4, 0.5) is 0 Å². The highest BCUT2D eigenvalue weighted by molar-refractivity contribution is 5.78. The summed E-state index contributed by atoms with van der Waals surface area (Å²) >= 11 is 0. The summed E-state index contributed by atoms with van der Waals surface area (Å²) in [5.74, 6) is -0.899. The number of aliphatic hydroxyl groups excluding tert-OH is 1. The van der Waals surface area contributed by atoms with Crippen LogP contribution < -0.4 is 10.1 Å². The number of carbonyl (C=O) groups is 2. The predicted molar refractivity (Wildman–Crippen MR) is 68.0 cm³/mol. The molecular weight excluding hydrogens is 250 g/mol. The largest absolute Gasteiger partial charge is 0.497 e. The monoisotopic (exact) mass is 267 g/mol. The maximum Gasteiger partial charge on any atom is 0.334 e. The number of ether oxygens (including phenoxy) is 1. The van der Waals surface area contributed by atoms with Crippen LogP contribution in [-0.4, -0.2) is 41.8 Å². The molecule has 1 rings (SSSR count). The van der Waals surface area contributed by atoms with E-state index in [2.05, 4.69) is 5.32 Å². The van der Waals surface area contributed by atoms with Crippen LogP contribution in [0, 0.1) is 0 Å². The molecule has 0 spiro atoms. The van der Waals surface area contributed by atoms with Gasteiger partial charge in [-0.25, -0.2) is 4.79 Å². The van der Waals surface area contributed by atoms with E-state index in [0.29, 0.717) is 6.42 Å². The molecule has 1 aromatic rings. The van der Waals surface area contributed by atoms with Gasteiger partial charge in [-0.1, -0.05) is 12.1 Å². The Morgan fingerprint density at radius 1 is 1.32 bits per heavy atom. The Hall–Kier alpha value is -2.08. The molecule has 0 saturated heterocycles. The molecule has 104 valence electrons. The number of carbonyl (C=O) groups excluding carboxylic acids is 1. The third kappa shape index (κ3) is 5.39. The van der Waals surface area contributed by atoms with Gasteiger partial charge in [-0.05, 0) is 24.1 Å². The first kappa shape index (κ1) is 15.0. The zero-order valence-electron chi connectivity index (χ0n) is 10.6. The maximum atomic E-state index is 11.4. The lowest BCUT2D eigenvalue weighted by Crippen LogP contribution is -2.36. The topological polar surface area (TPSA) is 95.9 Å². The number of methoxy groups -OCH3 is 1. The summed E-state index contributed by atoms with van der Waals surface area (Å²) in [7, 11) is 1.58. The number of carboxylic acids is 1. The molecule has 0 aromatic heterocycles. The van der Waals surface area contributed by atoms with E-state index < -0.39 is 12.1 Å². The third-order valence-corrected chi connectivity index (χ3v) is 2.58. The Morgan fingerprint density at radius 2 is 1.95 bits per heavy atom. The van der Waals surface area contributed by atoms with Gasteiger partial charge in [-0.3, -0.25) is 4.79 Å². The summed E-state index contributed by atoms with van der Waals surface area (Å²) in [6.45, 7) is -0.281. The smallest absolute Gasteiger partial charge is 0.334 e. The van der Waals surface area contributed by atoms with E-state index in [1.54, 1.807) is 19.2 Å². The van der Waals surface area contributed by atoms with Crippen LogP contribution >= 0.6 is 0 Å². The zero-order chi connectivity index (χ0) is 14.3. The third-order valence-electron chi connectivity index (χ3n) is 2.58. The Bertz CT molecular complexity index is 429. The summed E-state index contributed by atoms with van der Waals surface area (Å²) < 4.78 is 5.02. The summed E-state index contributed by atoms with van der Waals surface area (Å²) in [5, 5.41) is 19.8. The van der Waals surface area contributed by atoms with Gasteiger partial charge in [0.15, 0.2) is 6.10 Å². The van der Waals surface area contributed by atoms with E-state index in [-0.39, 0.29) is 18.9 Å². The summed E-state index contributed by atoms with van der Waals surface area (Å²) in [4.78, 5) is 21.8. The second-order valence-corrected chi connectivity index (χ2v) is 4.01. The van der Waals surface area contributed by atoms with Crippen molar-refractivity contribution in [1.82, 2.24) is 5.32 Å². The quantitative estimate of drug-likeness (QED) is 0.655. The average Bonchev–Trinajstić information content (AvgIpc) is 2.42. The first-order valence-corrected chi connectivity index (χ1v) is 5.83. The van der Waals surface area contributed by atoms with Gasteiger partial charge in [0.05, 0.1) is 13.7 Å². The number of amides is 1. The molecule has 3 N–H and O–H groups in total. The number of rotatable bonds is 7. The van der Waals surface area contributed by atoms with Crippen molar-refractivity contribution in [2.75, 3.05) is 13.7 Å². The van der Waals surface area contributed by atoms with Gasteiger partial charge in [0.1, 0.15) is 5.75 Å². The molecular formula is C13H17NO5. The minimum absolute atomic E-state index is 0.235. The number of benzene rings is 1. The first-order valence-electron chi connectivity index (χ1n) is 5.83. The fourth-order valence-electron chi connectivity index (χ4n) is 1.44. The molecule has 0 saturated carbocycles. The Morgan fingerprint density at radius 3 is 2.47 bits per heavy atom. The van der Waals surface area contributed by atoms with Crippen molar-refractivity contribution >= 4 is 11.9 Å². The first-order chi connectivity index (χ1) is 9.02. The van der Waals surface area contributed by atoms with Gasteiger partial charge in [0.25, 0.3) is 0 Å². The lowest BCUT2D eigenvalue weighted by molar-refractivity contribution is -0.146. The standard InChI is InChI=1S/C13H17NO5/c1-19-10-5-2-9(3-6-10)4-7-12(16)14-8-11(15)13(17)18/h2-3,5-6,11,15H,4,7-8H2,1H3,(H,14,16)(H,17,18)/t11-/m0/s1.